The molecule has 0 saturated heterocycles. The van der Waals surface area contributed by atoms with Gasteiger partial charge < -0.3 is 10.4 Å². The number of amides is 1. The highest BCUT2D eigenvalue weighted by atomic mass is 16.3. The number of rotatable bonds is 10. The van der Waals surface area contributed by atoms with E-state index in [1.807, 2.05) is 0 Å². The van der Waals surface area contributed by atoms with Gasteiger partial charge in [0.25, 0.3) is 0 Å². The Kier molecular flexibility index (Phi) is 10.5. The van der Waals surface area contributed by atoms with Crippen LogP contribution in [0.3, 0.4) is 0 Å². The van der Waals surface area contributed by atoms with E-state index in [-0.39, 0.29) is 12.5 Å². The second-order valence-electron chi connectivity index (χ2n) is 4.40. The number of aliphatic hydroxyl groups is 1. The summed E-state index contributed by atoms with van der Waals surface area (Å²) in [5, 5.41) is 11.8. The zero-order valence-electron chi connectivity index (χ0n) is 10.8. The van der Waals surface area contributed by atoms with E-state index in [4.69, 9.17) is 5.11 Å². The van der Waals surface area contributed by atoms with Crippen molar-refractivity contribution in [2.24, 2.45) is 5.92 Å². The van der Waals surface area contributed by atoms with Gasteiger partial charge >= 0.3 is 0 Å². The Balaban J connectivity index is 3.47. The summed E-state index contributed by atoms with van der Waals surface area (Å²) >= 11 is 0. The third-order valence-electron chi connectivity index (χ3n) is 2.96. The Morgan fingerprint density at radius 1 is 1.25 bits per heavy atom. The third kappa shape index (κ3) is 8.72. The maximum atomic E-state index is 11.5. The molecular formula is C13H27NO2. The van der Waals surface area contributed by atoms with Crippen LogP contribution in [0.1, 0.15) is 58.8 Å². The second kappa shape index (κ2) is 10.9. The minimum Gasteiger partial charge on any atom is -0.396 e. The molecule has 0 aliphatic carbocycles. The third-order valence-corrected chi connectivity index (χ3v) is 2.96. The smallest absolute Gasteiger partial charge is 0.220 e. The molecule has 0 aromatic heterocycles. The van der Waals surface area contributed by atoms with Crippen molar-refractivity contribution in [3.05, 3.63) is 0 Å². The van der Waals surface area contributed by atoms with Crippen LogP contribution in [-0.2, 0) is 4.79 Å². The molecular weight excluding hydrogens is 202 g/mol. The lowest BCUT2D eigenvalue weighted by Gasteiger charge is -2.14. The fraction of sp³-hybridized carbons (Fsp3) is 0.923. The molecule has 0 rings (SSSR count). The topological polar surface area (TPSA) is 49.3 Å². The van der Waals surface area contributed by atoms with Crippen LogP contribution in [0.15, 0.2) is 0 Å². The van der Waals surface area contributed by atoms with E-state index in [0.717, 1.165) is 25.7 Å². The van der Waals surface area contributed by atoms with Gasteiger partial charge in [0, 0.05) is 19.6 Å². The lowest BCUT2D eigenvalue weighted by Crippen LogP contribution is -2.29. The first-order valence-electron chi connectivity index (χ1n) is 6.62. The maximum absolute atomic E-state index is 11.5. The Morgan fingerprint density at radius 3 is 2.56 bits per heavy atom. The molecule has 0 aromatic rings. The van der Waals surface area contributed by atoms with Crippen molar-refractivity contribution in [3.63, 3.8) is 0 Å². The molecule has 3 heteroatoms. The summed E-state index contributed by atoms with van der Waals surface area (Å²) < 4.78 is 0. The highest BCUT2D eigenvalue weighted by Gasteiger charge is 2.07. The van der Waals surface area contributed by atoms with Gasteiger partial charge in [0.05, 0.1) is 0 Å². The van der Waals surface area contributed by atoms with Crippen LogP contribution >= 0.6 is 0 Å². The fourth-order valence-electron chi connectivity index (χ4n) is 1.69. The number of hydrogen-bond acceptors (Lipinski definition) is 2. The van der Waals surface area contributed by atoms with Gasteiger partial charge in [0.2, 0.25) is 5.91 Å². The minimum atomic E-state index is 0.160. The molecule has 0 heterocycles. The summed E-state index contributed by atoms with van der Waals surface area (Å²) in [5.74, 6) is 0.581. The highest BCUT2D eigenvalue weighted by molar-refractivity contribution is 5.75. The number of hydrogen-bond donors (Lipinski definition) is 2. The van der Waals surface area contributed by atoms with Gasteiger partial charge in [-0.05, 0) is 18.8 Å². The Bertz CT molecular complexity index is 171. The summed E-state index contributed by atoms with van der Waals surface area (Å²) in [4.78, 5) is 11.5. The molecule has 0 saturated carbocycles. The average molecular weight is 229 g/mol. The lowest BCUT2D eigenvalue weighted by atomic mass is 10.0. The molecule has 2 N–H and O–H groups in total. The van der Waals surface area contributed by atoms with Crippen molar-refractivity contribution in [2.75, 3.05) is 13.2 Å². The maximum Gasteiger partial charge on any atom is 0.220 e. The average Bonchev–Trinajstić information content (AvgIpc) is 2.30. The standard InChI is InChI=1S/C13H27NO2/c1-3-5-6-7-8-13(16)14-11-12(4-2)9-10-15/h12,15H,3-11H2,1-2H3,(H,14,16). The summed E-state index contributed by atoms with van der Waals surface area (Å²) in [5.41, 5.74) is 0. The number of carbonyl (C=O) groups is 1. The molecule has 0 aliphatic rings. The molecule has 16 heavy (non-hydrogen) atoms. The summed E-state index contributed by atoms with van der Waals surface area (Å²) in [6, 6.07) is 0. The largest absolute Gasteiger partial charge is 0.396 e. The van der Waals surface area contributed by atoms with Gasteiger partial charge in [0.15, 0.2) is 0 Å². The molecule has 3 nitrogen and oxygen atoms in total. The van der Waals surface area contributed by atoms with E-state index in [0.29, 0.717) is 18.9 Å². The van der Waals surface area contributed by atoms with Crippen LogP contribution in [0.25, 0.3) is 0 Å². The molecule has 1 atom stereocenters. The molecule has 1 amide bonds. The first kappa shape index (κ1) is 15.4. The number of unbranched alkanes of at least 4 members (excludes halogenated alkanes) is 3. The normalized spacial score (nSPS) is 12.4. The summed E-state index contributed by atoms with van der Waals surface area (Å²) in [6.07, 6.45) is 7.01. The van der Waals surface area contributed by atoms with Crippen LogP contribution in [0.5, 0.6) is 0 Å². The summed E-state index contributed by atoms with van der Waals surface area (Å²) in [7, 11) is 0. The molecule has 96 valence electrons. The fourth-order valence-corrected chi connectivity index (χ4v) is 1.69. The van der Waals surface area contributed by atoms with E-state index in [2.05, 4.69) is 19.2 Å². The number of nitrogens with one attached hydrogen (secondary N) is 1. The molecule has 0 spiro atoms. The van der Waals surface area contributed by atoms with Crippen molar-refractivity contribution >= 4 is 5.91 Å². The SMILES string of the molecule is CCCCCCC(=O)NCC(CC)CCO. The van der Waals surface area contributed by atoms with Crippen molar-refractivity contribution in [1.29, 1.82) is 0 Å². The van der Waals surface area contributed by atoms with Crippen LogP contribution in [0.2, 0.25) is 0 Å². The van der Waals surface area contributed by atoms with E-state index in [1.54, 1.807) is 0 Å². The van der Waals surface area contributed by atoms with Crippen LogP contribution in [-0.4, -0.2) is 24.2 Å². The van der Waals surface area contributed by atoms with E-state index < -0.39 is 0 Å². The van der Waals surface area contributed by atoms with Crippen LogP contribution in [0, 0.1) is 5.92 Å². The van der Waals surface area contributed by atoms with Gasteiger partial charge in [-0.2, -0.15) is 0 Å². The number of carbonyl (C=O) groups excluding carboxylic acids is 1. The van der Waals surface area contributed by atoms with Gasteiger partial charge in [-0.1, -0.05) is 39.5 Å². The van der Waals surface area contributed by atoms with E-state index in [1.165, 1.54) is 12.8 Å². The molecule has 0 bridgehead atoms. The van der Waals surface area contributed by atoms with Crippen molar-refractivity contribution in [1.82, 2.24) is 5.32 Å². The Morgan fingerprint density at radius 2 is 2.00 bits per heavy atom. The predicted molar refractivity (Wildman–Crippen MR) is 67.3 cm³/mol. The molecule has 0 radical (unpaired) electrons. The van der Waals surface area contributed by atoms with Gasteiger partial charge in [0.1, 0.15) is 0 Å². The predicted octanol–water partition coefficient (Wildman–Crippen LogP) is 2.48. The summed E-state index contributed by atoms with van der Waals surface area (Å²) in [6.45, 7) is 5.18. The number of aliphatic hydroxyl groups excluding tert-OH is 1. The second-order valence-corrected chi connectivity index (χ2v) is 4.40. The minimum absolute atomic E-state index is 0.160. The van der Waals surface area contributed by atoms with Crippen LogP contribution < -0.4 is 5.32 Å². The van der Waals surface area contributed by atoms with Crippen LogP contribution in [0.4, 0.5) is 0 Å². The van der Waals surface area contributed by atoms with Crippen molar-refractivity contribution in [2.45, 2.75) is 58.8 Å². The van der Waals surface area contributed by atoms with E-state index >= 15 is 0 Å². The monoisotopic (exact) mass is 229 g/mol. The first-order chi connectivity index (χ1) is 7.74. The van der Waals surface area contributed by atoms with Gasteiger partial charge in [-0.3, -0.25) is 4.79 Å². The Hall–Kier alpha value is -0.570. The quantitative estimate of drug-likeness (QED) is 0.565. The highest BCUT2D eigenvalue weighted by Crippen LogP contribution is 2.06. The molecule has 0 aromatic carbocycles. The zero-order valence-corrected chi connectivity index (χ0v) is 10.8. The molecule has 1 unspecified atom stereocenters. The van der Waals surface area contributed by atoms with E-state index in [9.17, 15) is 4.79 Å². The van der Waals surface area contributed by atoms with Gasteiger partial charge in [-0.15, -0.1) is 0 Å². The zero-order chi connectivity index (χ0) is 12.2. The molecule has 0 fully saturated rings. The first-order valence-corrected chi connectivity index (χ1v) is 6.62. The molecule has 0 aliphatic heterocycles. The Labute approximate surface area is 99.6 Å². The van der Waals surface area contributed by atoms with Gasteiger partial charge in [-0.25, -0.2) is 0 Å². The lowest BCUT2D eigenvalue weighted by molar-refractivity contribution is -0.121. The van der Waals surface area contributed by atoms with Crippen molar-refractivity contribution in [3.8, 4) is 0 Å². The van der Waals surface area contributed by atoms with Crippen molar-refractivity contribution < 1.29 is 9.90 Å².